The molecule has 0 radical (unpaired) electrons. The number of carboxylic acids is 1. The molecule has 7 heteroatoms. The van der Waals surface area contributed by atoms with Crippen molar-refractivity contribution in [2.75, 3.05) is 0 Å². The Bertz CT molecular complexity index is 828. The first kappa shape index (κ1) is 14.4. The second-order valence-electron chi connectivity index (χ2n) is 4.17. The fourth-order valence-electron chi connectivity index (χ4n) is 1.75. The maximum Gasteiger partial charge on any atom is 0.336 e. The smallest absolute Gasteiger partial charge is 0.336 e. The van der Waals surface area contributed by atoms with E-state index in [1.807, 2.05) is 0 Å². The molecule has 106 valence electrons. The van der Waals surface area contributed by atoms with Crippen molar-refractivity contribution in [3.8, 4) is 21.1 Å². The molecule has 0 amide bonds. The molecule has 3 aromatic rings. The molecule has 21 heavy (non-hydrogen) atoms. The Hall–Kier alpha value is -1.57. The van der Waals surface area contributed by atoms with E-state index in [-0.39, 0.29) is 11.4 Å². The number of carboxylic acid groups (broad SMARTS) is 1. The van der Waals surface area contributed by atoms with Gasteiger partial charge >= 0.3 is 5.97 Å². The minimum absolute atomic E-state index is 0.234. The van der Waals surface area contributed by atoms with E-state index < -0.39 is 5.97 Å². The minimum atomic E-state index is -0.967. The zero-order valence-electron chi connectivity index (χ0n) is 10.3. The van der Waals surface area contributed by atoms with Crippen LogP contribution in [0, 0.1) is 5.82 Å². The number of carbonyl (C=O) groups is 1. The van der Waals surface area contributed by atoms with Crippen molar-refractivity contribution in [2.24, 2.45) is 0 Å². The summed E-state index contributed by atoms with van der Waals surface area (Å²) in [6.07, 6.45) is 0. The van der Waals surface area contributed by atoms with Crippen molar-refractivity contribution in [2.45, 2.75) is 0 Å². The number of thiophene rings is 1. The first-order valence-corrected chi connectivity index (χ1v) is 8.33. The lowest BCUT2D eigenvalue weighted by molar-refractivity contribution is 0.0697. The normalized spacial score (nSPS) is 10.8. The maximum absolute atomic E-state index is 13.8. The standard InChI is InChI=1S/C14H7BrFNO2S2/c15-8-1-2-10(16)9(4-8)13-17-11(6-21-13)12-3-7(5-20-12)14(18)19/h1-6H,(H,18,19). The zero-order valence-corrected chi connectivity index (χ0v) is 13.6. The van der Waals surface area contributed by atoms with Crippen LogP contribution >= 0.6 is 38.6 Å². The molecule has 1 aromatic carbocycles. The third kappa shape index (κ3) is 2.90. The van der Waals surface area contributed by atoms with Crippen LogP contribution in [0.15, 0.2) is 39.5 Å². The summed E-state index contributed by atoms with van der Waals surface area (Å²) in [6, 6.07) is 6.26. The Morgan fingerprint density at radius 3 is 2.76 bits per heavy atom. The van der Waals surface area contributed by atoms with Gasteiger partial charge < -0.3 is 5.11 Å². The van der Waals surface area contributed by atoms with Crippen molar-refractivity contribution in [3.63, 3.8) is 0 Å². The molecule has 2 heterocycles. The van der Waals surface area contributed by atoms with Crippen LogP contribution in [0.4, 0.5) is 4.39 Å². The summed E-state index contributed by atoms with van der Waals surface area (Å²) < 4.78 is 14.6. The zero-order chi connectivity index (χ0) is 15.0. The van der Waals surface area contributed by atoms with Gasteiger partial charge in [-0.05, 0) is 24.3 Å². The number of benzene rings is 1. The summed E-state index contributed by atoms with van der Waals surface area (Å²) in [5.41, 5.74) is 1.32. The number of halogens is 2. The summed E-state index contributed by atoms with van der Waals surface area (Å²) in [4.78, 5) is 16.0. The number of rotatable bonds is 3. The molecule has 0 saturated carbocycles. The summed E-state index contributed by atoms with van der Waals surface area (Å²) in [7, 11) is 0. The first-order chi connectivity index (χ1) is 10.0. The third-order valence-electron chi connectivity index (χ3n) is 2.76. The van der Waals surface area contributed by atoms with Gasteiger partial charge in [0, 0.05) is 20.8 Å². The second-order valence-corrected chi connectivity index (χ2v) is 6.85. The lowest BCUT2D eigenvalue weighted by Crippen LogP contribution is -1.91. The van der Waals surface area contributed by atoms with Crippen molar-refractivity contribution in [1.82, 2.24) is 4.98 Å². The fraction of sp³-hybridized carbons (Fsp3) is 0. The molecule has 0 spiro atoms. The van der Waals surface area contributed by atoms with Crippen molar-refractivity contribution in [3.05, 3.63) is 50.9 Å². The van der Waals surface area contributed by atoms with Crippen molar-refractivity contribution >= 4 is 44.6 Å². The SMILES string of the molecule is O=C(O)c1csc(-c2csc(-c3cc(Br)ccc3F)n2)c1. The Morgan fingerprint density at radius 1 is 1.24 bits per heavy atom. The van der Waals surface area contributed by atoms with Crippen molar-refractivity contribution < 1.29 is 14.3 Å². The molecule has 3 rings (SSSR count). The molecule has 3 nitrogen and oxygen atoms in total. The molecule has 1 N–H and O–H groups in total. The van der Waals surface area contributed by atoms with Gasteiger partial charge in [0.2, 0.25) is 0 Å². The van der Waals surface area contributed by atoms with Gasteiger partial charge in [0.15, 0.2) is 0 Å². The molecule has 2 aromatic heterocycles. The van der Waals surface area contributed by atoms with Gasteiger partial charge in [0.05, 0.1) is 16.1 Å². The number of aromatic nitrogens is 1. The number of thiazole rings is 1. The maximum atomic E-state index is 13.8. The van der Waals surface area contributed by atoms with E-state index in [0.717, 1.165) is 9.35 Å². The minimum Gasteiger partial charge on any atom is -0.478 e. The number of hydrogen-bond donors (Lipinski definition) is 1. The van der Waals surface area contributed by atoms with E-state index >= 15 is 0 Å². The molecule has 0 aliphatic carbocycles. The molecule has 0 saturated heterocycles. The number of aromatic carboxylic acids is 1. The van der Waals surface area contributed by atoms with E-state index in [0.29, 0.717) is 16.3 Å². The molecular formula is C14H7BrFNO2S2. The second kappa shape index (κ2) is 5.67. The highest BCUT2D eigenvalue weighted by Crippen LogP contribution is 2.34. The Kier molecular flexibility index (Phi) is 3.88. The molecule has 0 unspecified atom stereocenters. The molecule has 0 aliphatic rings. The number of nitrogens with zero attached hydrogens (tertiary/aromatic N) is 1. The van der Waals surface area contributed by atoms with Crippen LogP contribution in [-0.4, -0.2) is 16.1 Å². The first-order valence-electron chi connectivity index (χ1n) is 5.78. The lowest BCUT2D eigenvalue weighted by atomic mass is 10.2. The van der Waals surface area contributed by atoms with Crippen LogP contribution < -0.4 is 0 Å². The van der Waals surface area contributed by atoms with Gasteiger partial charge in [-0.2, -0.15) is 0 Å². The average Bonchev–Trinajstić information content (AvgIpc) is 3.09. The fourth-order valence-corrected chi connectivity index (χ4v) is 3.87. The van der Waals surface area contributed by atoms with E-state index in [1.54, 1.807) is 29.0 Å². The Morgan fingerprint density at radius 2 is 2.05 bits per heavy atom. The van der Waals surface area contributed by atoms with Gasteiger partial charge in [-0.15, -0.1) is 22.7 Å². The monoisotopic (exact) mass is 383 g/mol. The van der Waals surface area contributed by atoms with Gasteiger partial charge in [-0.25, -0.2) is 14.2 Å². The van der Waals surface area contributed by atoms with Crippen LogP contribution in [0.3, 0.4) is 0 Å². The van der Waals surface area contributed by atoms with E-state index in [4.69, 9.17) is 5.11 Å². The molecule has 0 atom stereocenters. The van der Waals surface area contributed by atoms with Crippen LogP contribution in [0.25, 0.3) is 21.1 Å². The summed E-state index contributed by atoms with van der Waals surface area (Å²) in [6.45, 7) is 0. The van der Waals surface area contributed by atoms with Gasteiger partial charge in [-0.3, -0.25) is 0 Å². The van der Waals surface area contributed by atoms with E-state index in [2.05, 4.69) is 20.9 Å². The molecule has 0 aliphatic heterocycles. The predicted octanol–water partition coefficient (Wildman–Crippen LogP) is 5.14. The van der Waals surface area contributed by atoms with Crippen molar-refractivity contribution in [1.29, 1.82) is 0 Å². The predicted molar refractivity (Wildman–Crippen MR) is 85.5 cm³/mol. The number of hydrogen-bond acceptors (Lipinski definition) is 4. The highest BCUT2D eigenvalue weighted by molar-refractivity contribution is 9.10. The van der Waals surface area contributed by atoms with Crippen LogP contribution in [0.1, 0.15) is 10.4 Å². The quantitative estimate of drug-likeness (QED) is 0.681. The largest absolute Gasteiger partial charge is 0.478 e. The summed E-state index contributed by atoms with van der Waals surface area (Å²) in [5.74, 6) is -1.30. The highest BCUT2D eigenvalue weighted by atomic mass is 79.9. The van der Waals surface area contributed by atoms with Crippen LogP contribution in [-0.2, 0) is 0 Å². The average molecular weight is 384 g/mol. The summed E-state index contributed by atoms with van der Waals surface area (Å²) >= 11 is 5.94. The lowest BCUT2D eigenvalue weighted by Gasteiger charge is -1.99. The third-order valence-corrected chi connectivity index (χ3v) is 5.08. The highest BCUT2D eigenvalue weighted by Gasteiger charge is 2.14. The van der Waals surface area contributed by atoms with Gasteiger partial charge in [0.25, 0.3) is 0 Å². The van der Waals surface area contributed by atoms with E-state index in [9.17, 15) is 9.18 Å². The molecule has 0 bridgehead atoms. The van der Waals surface area contributed by atoms with E-state index in [1.165, 1.54) is 28.7 Å². The Labute approximate surface area is 135 Å². The topological polar surface area (TPSA) is 50.2 Å². The Balaban J connectivity index is 1.99. The van der Waals surface area contributed by atoms with Gasteiger partial charge in [-0.1, -0.05) is 15.9 Å². The molecule has 0 fully saturated rings. The summed E-state index contributed by atoms with van der Waals surface area (Å²) in [5, 5.41) is 12.9. The van der Waals surface area contributed by atoms with Crippen LogP contribution in [0.2, 0.25) is 0 Å². The van der Waals surface area contributed by atoms with Crippen LogP contribution in [0.5, 0.6) is 0 Å². The van der Waals surface area contributed by atoms with Gasteiger partial charge in [0.1, 0.15) is 10.8 Å². The molecular weight excluding hydrogens is 377 g/mol.